The van der Waals surface area contributed by atoms with Gasteiger partial charge in [-0.05, 0) is 30.3 Å². The zero-order valence-electron chi connectivity index (χ0n) is 9.93. The number of rotatable bonds is 6. The number of thiophene rings is 1. The van der Waals surface area contributed by atoms with E-state index in [1.807, 2.05) is 6.07 Å². The van der Waals surface area contributed by atoms with Crippen LogP contribution in [0.15, 0.2) is 22.0 Å². The normalized spacial score (nSPS) is 12.8. The van der Waals surface area contributed by atoms with E-state index in [-0.39, 0.29) is 0 Å². The standard InChI is InChI=1S/C12H17N3OS/c1-9(8-13)4-5-12-14-11(15-16-12)7-10-3-2-6-17-10/h2-3,6,9H,4-5,7-8,13H2,1H3. The van der Waals surface area contributed by atoms with Crippen molar-refractivity contribution in [1.29, 1.82) is 0 Å². The number of aryl methyl sites for hydroxylation is 1. The van der Waals surface area contributed by atoms with E-state index >= 15 is 0 Å². The molecule has 1 atom stereocenters. The molecule has 2 heterocycles. The van der Waals surface area contributed by atoms with Crippen molar-refractivity contribution < 1.29 is 4.52 Å². The van der Waals surface area contributed by atoms with Gasteiger partial charge in [0, 0.05) is 17.7 Å². The highest BCUT2D eigenvalue weighted by molar-refractivity contribution is 7.09. The fourth-order valence-electron chi connectivity index (χ4n) is 1.52. The van der Waals surface area contributed by atoms with E-state index in [1.165, 1.54) is 4.88 Å². The molecule has 0 aliphatic rings. The van der Waals surface area contributed by atoms with Crippen molar-refractivity contribution in [3.05, 3.63) is 34.1 Å². The smallest absolute Gasteiger partial charge is 0.226 e. The highest BCUT2D eigenvalue weighted by atomic mass is 32.1. The molecule has 1 unspecified atom stereocenters. The summed E-state index contributed by atoms with van der Waals surface area (Å²) in [6.45, 7) is 2.83. The summed E-state index contributed by atoms with van der Waals surface area (Å²) in [6.07, 6.45) is 2.57. The molecule has 0 bridgehead atoms. The molecule has 2 N–H and O–H groups in total. The minimum Gasteiger partial charge on any atom is -0.339 e. The summed E-state index contributed by atoms with van der Waals surface area (Å²) < 4.78 is 5.21. The van der Waals surface area contributed by atoms with E-state index in [0.29, 0.717) is 12.5 Å². The topological polar surface area (TPSA) is 64.9 Å². The van der Waals surface area contributed by atoms with Crippen LogP contribution in [0, 0.1) is 5.92 Å². The Morgan fingerprint density at radius 1 is 1.53 bits per heavy atom. The number of nitrogens with zero attached hydrogens (tertiary/aromatic N) is 2. The van der Waals surface area contributed by atoms with E-state index in [1.54, 1.807) is 11.3 Å². The quantitative estimate of drug-likeness (QED) is 0.855. The van der Waals surface area contributed by atoms with Crippen molar-refractivity contribution >= 4 is 11.3 Å². The minimum atomic E-state index is 0.502. The summed E-state index contributed by atoms with van der Waals surface area (Å²) in [5, 5.41) is 6.04. The van der Waals surface area contributed by atoms with Crippen molar-refractivity contribution in [1.82, 2.24) is 10.1 Å². The highest BCUT2D eigenvalue weighted by Gasteiger charge is 2.09. The Hall–Kier alpha value is -1.20. The summed E-state index contributed by atoms with van der Waals surface area (Å²) in [4.78, 5) is 5.64. The van der Waals surface area contributed by atoms with Gasteiger partial charge in [-0.15, -0.1) is 11.3 Å². The van der Waals surface area contributed by atoms with E-state index in [0.717, 1.165) is 31.0 Å². The molecule has 2 aromatic heterocycles. The third-order valence-corrected chi connectivity index (χ3v) is 3.55. The first-order valence-corrected chi connectivity index (χ1v) is 6.70. The largest absolute Gasteiger partial charge is 0.339 e. The number of aromatic nitrogens is 2. The maximum Gasteiger partial charge on any atom is 0.226 e. The predicted octanol–water partition coefficient (Wildman–Crippen LogP) is 2.25. The molecule has 5 heteroatoms. The maximum atomic E-state index is 5.57. The van der Waals surface area contributed by atoms with Crippen molar-refractivity contribution in [2.24, 2.45) is 11.7 Å². The van der Waals surface area contributed by atoms with Gasteiger partial charge in [0.25, 0.3) is 0 Å². The summed E-state index contributed by atoms with van der Waals surface area (Å²) in [5.74, 6) is 1.99. The molecule has 2 aromatic rings. The summed E-state index contributed by atoms with van der Waals surface area (Å²) >= 11 is 1.71. The Bertz CT molecular complexity index is 438. The molecule has 0 spiro atoms. The molecule has 0 aromatic carbocycles. The lowest BCUT2D eigenvalue weighted by atomic mass is 10.1. The summed E-state index contributed by atoms with van der Waals surface area (Å²) in [6, 6.07) is 4.11. The lowest BCUT2D eigenvalue weighted by Crippen LogP contribution is -2.11. The van der Waals surface area contributed by atoms with Crippen LogP contribution in [0.25, 0.3) is 0 Å². The van der Waals surface area contributed by atoms with E-state index in [9.17, 15) is 0 Å². The monoisotopic (exact) mass is 251 g/mol. The van der Waals surface area contributed by atoms with Gasteiger partial charge in [0.05, 0.1) is 0 Å². The molecule has 0 fully saturated rings. The fourth-order valence-corrected chi connectivity index (χ4v) is 2.22. The molecule has 0 amide bonds. The second-order valence-corrected chi connectivity index (χ2v) is 5.27. The third kappa shape index (κ3) is 3.64. The first-order valence-electron chi connectivity index (χ1n) is 5.82. The van der Waals surface area contributed by atoms with Crippen molar-refractivity contribution in [2.45, 2.75) is 26.2 Å². The van der Waals surface area contributed by atoms with E-state index in [2.05, 4.69) is 28.5 Å². The third-order valence-electron chi connectivity index (χ3n) is 2.68. The first kappa shape index (κ1) is 12.3. The fraction of sp³-hybridized carbons (Fsp3) is 0.500. The summed E-state index contributed by atoms with van der Waals surface area (Å²) in [5.41, 5.74) is 5.57. The van der Waals surface area contributed by atoms with Gasteiger partial charge in [0.2, 0.25) is 5.89 Å². The van der Waals surface area contributed by atoms with Gasteiger partial charge in [-0.3, -0.25) is 0 Å². The van der Waals surface area contributed by atoms with Gasteiger partial charge in [-0.25, -0.2) is 0 Å². The van der Waals surface area contributed by atoms with Crippen LogP contribution in [0.3, 0.4) is 0 Å². The van der Waals surface area contributed by atoms with Crippen molar-refractivity contribution in [2.75, 3.05) is 6.54 Å². The van der Waals surface area contributed by atoms with Gasteiger partial charge in [-0.2, -0.15) is 4.98 Å². The van der Waals surface area contributed by atoms with Crippen LogP contribution >= 0.6 is 11.3 Å². The number of nitrogens with two attached hydrogens (primary N) is 1. The van der Waals surface area contributed by atoms with Crippen LogP contribution in [-0.2, 0) is 12.8 Å². The molecule has 17 heavy (non-hydrogen) atoms. The molecule has 0 saturated carbocycles. The average molecular weight is 251 g/mol. The van der Waals surface area contributed by atoms with Gasteiger partial charge >= 0.3 is 0 Å². The minimum absolute atomic E-state index is 0.502. The lowest BCUT2D eigenvalue weighted by Gasteiger charge is -2.03. The first-order chi connectivity index (χ1) is 8.28. The van der Waals surface area contributed by atoms with Gasteiger partial charge < -0.3 is 10.3 Å². The molecule has 0 saturated heterocycles. The van der Waals surface area contributed by atoms with Crippen LogP contribution in [0.2, 0.25) is 0 Å². The molecule has 2 rings (SSSR count). The zero-order valence-corrected chi connectivity index (χ0v) is 10.7. The average Bonchev–Trinajstić information content (AvgIpc) is 2.98. The molecule has 92 valence electrons. The van der Waals surface area contributed by atoms with E-state index in [4.69, 9.17) is 10.3 Å². The van der Waals surface area contributed by atoms with Gasteiger partial charge in [0.1, 0.15) is 0 Å². The van der Waals surface area contributed by atoms with Crippen LogP contribution < -0.4 is 5.73 Å². The predicted molar refractivity (Wildman–Crippen MR) is 68.0 cm³/mol. The van der Waals surface area contributed by atoms with Crippen LogP contribution in [-0.4, -0.2) is 16.7 Å². The summed E-state index contributed by atoms with van der Waals surface area (Å²) in [7, 11) is 0. The second kappa shape index (κ2) is 5.93. The van der Waals surface area contributed by atoms with Crippen LogP contribution in [0.1, 0.15) is 29.9 Å². The highest BCUT2D eigenvalue weighted by Crippen LogP contribution is 2.13. The van der Waals surface area contributed by atoms with Crippen LogP contribution in [0.4, 0.5) is 0 Å². The van der Waals surface area contributed by atoms with Gasteiger partial charge in [0.15, 0.2) is 5.82 Å². The maximum absolute atomic E-state index is 5.57. The van der Waals surface area contributed by atoms with Gasteiger partial charge in [-0.1, -0.05) is 18.1 Å². The Kier molecular flexibility index (Phi) is 4.28. The number of hydrogen-bond acceptors (Lipinski definition) is 5. The Morgan fingerprint density at radius 3 is 3.12 bits per heavy atom. The molecular weight excluding hydrogens is 234 g/mol. The second-order valence-electron chi connectivity index (χ2n) is 4.24. The van der Waals surface area contributed by atoms with E-state index < -0.39 is 0 Å². The van der Waals surface area contributed by atoms with Crippen molar-refractivity contribution in [3.8, 4) is 0 Å². The number of hydrogen-bond donors (Lipinski definition) is 1. The Labute approximate surface area is 105 Å². The zero-order chi connectivity index (χ0) is 12.1. The molecular formula is C12H17N3OS. The Balaban J connectivity index is 1.87. The molecule has 0 aliphatic carbocycles. The van der Waals surface area contributed by atoms with Crippen LogP contribution in [0.5, 0.6) is 0 Å². The SMILES string of the molecule is CC(CN)CCc1nc(Cc2cccs2)no1. The molecule has 0 aliphatic heterocycles. The van der Waals surface area contributed by atoms with Crippen molar-refractivity contribution in [3.63, 3.8) is 0 Å². The molecule has 4 nitrogen and oxygen atoms in total. The molecule has 0 radical (unpaired) electrons. The Morgan fingerprint density at radius 2 is 2.41 bits per heavy atom. The lowest BCUT2D eigenvalue weighted by molar-refractivity contribution is 0.362.